The topological polar surface area (TPSA) is 17.1 Å². The van der Waals surface area contributed by atoms with Crippen LogP contribution in [0, 0.1) is 5.82 Å². The molecule has 1 aromatic rings. The van der Waals surface area contributed by atoms with Crippen molar-refractivity contribution in [3.8, 4) is 0 Å². The number of hydrogen-bond donors (Lipinski definition) is 0. The van der Waals surface area contributed by atoms with E-state index in [0.717, 1.165) is 24.8 Å². The lowest BCUT2D eigenvalue weighted by Gasteiger charge is -2.16. The van der Waals surface area contributed by atoms with E-state index in [0.29, 0.717) is 12.2 Å². The Balaban J connectivity index is 2.17. The summed E-state index contributed by atoms with van der Waals surface area (Å²) in [6, 6.07) is 6.52. The van der Waals surface area contributed by atoms with Gasteiger partial charge in [-0.25, -0.2) is 4.39 Å². The maximum atomic E-state index is 13.2. The molecular weight excluding hydrogens is 335 g/mol. The molecule has 0 radical (unpaired) electrons. The average Bonchev–Trinajstić information content (AvgIpc) is 2.67. The van der Waals surface area contributed by atoms with Crippen LogP contribution in [0.15, 0.2) is 24.3 Å². The van der Waals surface area contributed by atoms with E-state index in [2.05, 4.69) is 6.92 Å². The number of Topliss-reactive ketones (excluding diaryl/α,β-unsaturated/α-hetero) is 1. The minimum atomic E-state index is -0.231. The summed E-state index contributed by atoms with van der Waals surface area (Å²) >= 11 is 0. The van der Waals surface area contributed by atoms with Gasteiger partial charge in [0, 0.05) is 12.3 Å². The van der Waals surface area contributed by atoms with Crippen LogP contribution in [0.3, 0.4) is 0 Å². The van der Waals surface area contributed by atoms with Crippen molar-refractivity contribution in [3.05, 3.63) is 35.6 Å². The molecule has 0 saturated carbocycles. The Labute approximate surface area is 167 Å². The van der Waals surface area contributed by atoms with Gasteiger partial charge >= 0.3 is 0 Å². The van der Waals surface area contributed by atoms with Crippen LogP contribution in [-0.2, 0) is 4.79 Å². The molecule has 0 bridgehead atoms. The Kier molecular flexibility index (Phi) is 14.0. The van der Waals surface area contributed by atoms with E-state index < -0.39 is 0 Å². The third-order valence-corrected chi connectivity index (χ3v) is 5.50. The molecular formula is C25H41FO. The van der Waals surface area contributed by atoms with E-state index in [1.54, 1.807) is 12.1 Å². The molecule has 0 aliphatic carbocycles. The number of ketones is 1. The quantitative estimate of drug-likeness (QED) is 0.250. The standard InChI is InChI=1S/C25H41FO/c1-3-5-6-7-8-9-10-11-12-13-14-15-17-24(25(27)16-4-2)22-18-20-23(26)21-19-22/h18-21,24H,3-17H2,1-2H3. The molecule has 154 valence electrons. The number of benzene rings is 1. The van der Waals surface area contributed by atoms with E-state index in [1.807, 2.05) is 6.92 Å². The highest BCUT2D eigenvalue weighted by molar-refractivity contribution is 5.85. The highest BCUT2D eigenvalue weighted by atomic mass is 19.1. The maximum Gasteiger partial charge on any atom is 0.140 e. The van der Waals surface area contributed by atoms with Crippen molar-refractivity contribution in [1.82, 2.24) is 0 Å². The fourth-order valence-corrected chi connectivity index (χ4v) is 3.82. The Hall–Kier alpha value is -1.18. The molecule has 1 unspecified atom stereocenters. The lowest BCUT2D eigenvalue weighted by Crippen LogP contribution is -2.12. The zero-order chi connectivity index (χ0) is 19.7. The molecule has 0 fully saturated rings. The monoisotopic (exact) mass is 376 g/mol. The van der Waals surface area contributed by atoms with Gasteiger partial charge in [-0.15, -0.1) is 0 Å². The summed E-state index contributed by atoms with van der Waals surface area (Å²) in [6.45, 7) is 4.31. The maximum absolute atomic E-state index is 13.2. The molecule has 1 aromatic carbocycles. The van der Waals surface area contributed by atoms with Crippen molar-refractivity contribution >= 4 is 5.78 Å². The Morgan fingerprint density at radius 1 is 0.741 bits per heavy atom. The van der Waals surface area contributed by atoms with E-state index in [1.165, 1.54) is 82.8 Å². The first-order valence-corrected chi connectivity index (χ1v) is 11.5. The molecule has 0 aromatic heterocycles. The van der Waals surface area contributed by atoms with Gasteiger partial charge in [0.05, 0.1) is 0 Å². The van der Waals surface area contributed by atoms with Crippen molar-refractivity contribution in [1.29, 1.82) is 0 Å². The lowest BCUT2D eigenvalue weighted by atomic mass is 9.87. The predicted octanol–water partition coefficient (Wildman–Crippen LogP) is 8.37. The first-order valence-electron chi connectivity index (χ1n) is 11.5. The van der Waals surface area contributed by atoms with Gasteiger partial charge in [0.2, 0.25) is 0 Å². The van der Waals surface area contributed by atoms with Crippen LogP contribution in [0.2, 0.25) is 0 Å². The summed E-state index contributed by atoms with van der Waals surface area (Å²) in [5.74, 6) is 0.0339. The van der Waals surface area contributed by atoms with Crippen LogP contribution in [0.5, 0.6) is 0 Å². The van der Waals surface area contributed by atoms with Crippen molar-refractivity contribution in [2.24, 2.45) is 0 Å². The number of hydrogen-bond acceptors (Lipinski definition) is 1. The van der Waals surface area contributed by atoms with Crippen molar-refractivity contribution in [2.75, 3.05) is 0 Å². The largest absolute Gasteiger partial charge is 0.299 e. The number of halogens is 1. The number of unbranched alkanes of at least 4 members (excludes halogenated alkanes) is 11. The molecule has 1 nitrogen and oxygen atoms in total. The van der Waals surface area contributed by atoms with Crippen LogP contribution in [-0.4, -0.2) is 5.78 Å². The Bertz CT molecular complexity index is 480. The van der Waals surface area contributed by atoms with Crippen LogP contribution >= 0.6 is 0 Å². The Morgan fingerprint density at radius 3 is 1.70 bits per heavy atom. The summed E-state index contributed by atoms with van der Waals surface area (Å²) in [5.41, 5.74) is 0.984. The highest BCUT2D eigenvalue weighted by Crippen LogP contribution is 2.26. The SMILES string of the molecule is CCCCCCCCCCCCCCC(C(=O)CCC)c1ccc(F)cc1. The predicted molar refractivity (Wildman–Crippen MR) is 115 cm³/mol. The van der Waals surface area contributed by atoms with Crippen molar-refractivity contribution in [3.63, 3.8) is 0 Å². The minimum absolute atomic E-state index is 0.0475. The third-order valence-electron chi connectivity index (χ3n) is 5.50. The fraction of sp³-hybridized carbons (Fsp3) is 0.720. The molecule has 0 heterocycles. The summed E-state index contributed by atoms with van der Waals surface area (Å²) in [7, 11) is 0. The fourth-order valence-electron chi connectivity index (χ4n) is 3.82. The van der Waals surface area contributed by atoms with Gasteiger partial charge in [-0.2, -0.15) is 0 Å². The second-order valence-corrected chi connectivity index (χ2v) is 8.00. The average molecular weight is 377 g/mol. The summed E-state index contributed by atoms with van der Waals surface area (Å²) in [6.07, 6.45) is 18.3. The van der Waals surface area contributed by atoms with Gasteiger partial charge in [-0.3, -0.25) is 4.79 Å². The van der Waals surface area contributed by atoms with Gasteiger partial charge < -0.3 is 0 Å². The van der Waals surface area contributed by atoms with Crippen LogP contribution in [0.25, 0.3) is 0 Å². The highest BCUT2D eigenvalue weighted by Gasteiger charge is 2.19. The number of carbonyl (C=O) groups excluding carboxylic acids is 1. The van der Waals surface area contributed by atoms with Crippen molar-refractivity contribution < 1.29 is 9.18 Å². The van der Waals surface area contributed by atoms with Gasteiger partial charge in [-0.05, 0) is 30.5 Å². The van der Waals surface area contributed by atoms with E-state index in [-0.39, 0.29) is 11.7 Å². The molecule has 0 saturated heterocycles. The molecule has 27 heavy (non-hydrogen) atoms. The van der Waals surface area contributed by atoms with E-state index in [9.17, 15) is 9.18 Å². The second kappa shape index (κ2) is 15.8. The Morgan fingerprint density at radius 2 is 1.22 bits per heavy atom. The van der Waals surface area contributed by atoms with E-state index >= 15 is 0 Å². The van der Waals surface area contributed by atoms with Crippen LogP contribution in [0.1, 0.15) is 122 Å². The first kappa shape index (κ1) is 23.9. The minimum Gasteiger partial charge on any atom is -0.299 e. The molecule has 0 spiro atoms. The van der Waals surface area contributed by atoms with Gasteiger partial charge in [0.15, 0.2) is 0 Å². The van der Waals surface area contributed by atoms with Crippen LogP contribution in [0.4, 0.5) is 4.39 Å². The van der Waals surface area contributed by atoms with Gasteiger partial charge in [0.25, 0.3) is 0 Å². The third kappa shape index (κ3) is 11.3. The second-order valence-electron chi connectivity index (χ2n) is 8.00. The van der Waals surface area contributed by atoms with Crippen molar-refractivity contribution in [2.45, 2.75) is 116 Å². The van der Waals surface area contributed by atoms with E-state index in [4.69, 9.17) is 0 Å². The zero-order valence-electron chi connectivity index (χ0n) is 17.8. The molecule has 0 amide bonds. The smallest absolute Gasteiger partial charge is 0.140 e. The normalized spacial score (nSPS) is 12.3. The number of carbonyl (C=O) groups is 1. The van der Waals surface area contributed by atoms with Gasteiger partial charge in [0.1, 0.15) is 11.6 Å². The lowest BCUT2D eigenvalue weighted by molar-refractivity contribution is -0.120. The first-order chi connectivity index (χ1) is 13.2. The zero-order valence-corrected chi connectivity index (χ0v) is 17.8. The summed E-state index contributed by atoms with van der Waals surface area (Å²) < 4.78 is 13.2. The molecule has 0 aliphatic rings. The molecule has 1 rings (SSSR count). The summed E-state index contributed by atoms with van der Waals surface area (Å²) in [4.78, 5) is 12.5. The van der Waals surface area contributed by atoms with Gasteiger partial charge in [-0.1, -0.05) is 103 Å². The van der Waals surface area contributed by atoms with Crippen LogP contribution < -0.4 is 0 Å². The molecule has 0 aliphatic heterocycles. The number of rotatable bonds is 17. The molecule has 0 N–H and O–H groups in total. The summed E-state index contributed by atoms with van der Waals surface area (Å²) in [5, 5.41) is 0. The molecule has 2 heteroatoms. The molecule has 1 atom stereocenters.